The number of fused-ring (bicyclic) bond motifs is 2. The molecule has 0 radical (unpaired) electrons. The highest BCUT2D eigenvalue weighted by atomic mass is 16.5. The zero-order valence-corrected chi connectivity index (χ0v) is 20.4. The number of aryl methyl sites for hydroxylation is 2. The molecule has 9 nitrogen and oxygen atoms in total. The lowest BCUT2D eigenvalue weighted by Crippen LogP contribution is -2.34. The van der Waals surface area contributed by atoms with Gasteiger partial charge in [0.2, 0.25) is 0 Å². The lowest BCUT2D eigenvalue weighted by molar-refractivity contribution is 0.141. The third kappa shape index (κ3) is 3.97. The number of rotatable bonds is 4. The van der Waals surface area contributed by atoms with Gasteiger partial charge in [0.05, 0.1) is 24.4 Å². The number of nitriles is 1. The van der Waals surface area contributed by atoms with Crippen molar-refractivity contribution < 1.29 is 13.9 Å². The van der Waals surface area contributed by atoms with E-state index in [9.17, 15) is 10.1 Å². The van der Waals surface area contributed by atoms with Crippen LogP contribution in [-0.4, -0.2) is 46.9 Å². The first-order valence-electron chi connectivity index (χ1n) is 12.3. The van der Waals surface area contributed by atoms with Gasteiger partial charge in [0.15, 0.2) is 22.9 Å². The van der Waals surface area contributed by atoms with Crippen LogP contribution in [0.15, 0.2) is 39.5 Å². The van der Waals surface area contributed by atoms with Gasteiger partial charge in [0.25, 0.3) is 5.56 Å². The SMILES string of the molecule is Cc1ccc2oc(C3CCN(c4cc(=O)n(C)c5cc(O[C@@H]6CCOC6)c(C#N)nc45)CC3)nc2c1. The van der Waals surface area contributed by atoms with Crippen LogP contribution in [0, 0.1) is 18.3 Å². The first-order chi connectivity index (χ1) is 17.5. The van der Waals surface area contributed by atoms with Gasteiger partial charge in [0, 0.05) is 44.6 Å². The predicted molar refractivity (Wildman–Crippen MR) is 134 cm³/mol. The van der Waals surface area contributed by atoms with Crippen LogP contribution in [-0.2, 0) is 11.8 Å². The monoisotopic (exact) mass is 485 g/mol. The van der Waals surface area contributed by atoms with Crippen LogP contribution < -0.4 is 15.2 Å². The third-order valence-corrected chi connectivity index (χ3v) is 7.19. The summed E-state index contributed by atoms with van der Waals surface area (Å²) < 4.78 is 19.0. The standard InChI is InChI=1S/C27H27N5O4/c1-16-3-4-23-19(11-16)30-27(36-23)17-5-8-32(9-6-17)22-13-25(33)31(2)21-12-24(20(14-28)29-26(21)22)35-18-7-10-34-15-18/h3-4,11-13,17-18H,5-10,15H2,1-2H3/t18-/m1/s1. The van der Waals surface area contributed by atoms with E-state index in [1.54, 1.807) is 23.7 Å². The van der Waals surface area contributed by atoms with Crippen molar-refractivity contribution in [1.29, 1.82) is 5.26 Å². The van der Waals surface area contributed by atoms with Crippen LogP contribution in [0.3, 0.4) is 0 Å². The summed E-state index contributed by atoms with van der Waals surface area (Å²) in [4.78, 5) is 24.5. The Morgan fingerprint density at radius 3 is 2.72 bits per heavy atom. The number of oxazole rings is 1. The largest absolute Gasteiger partial charge is 0.485 e. The Kier molecular flexibility index (Phi) is 5.61. The van der Waals surface area contributed by atoms with Gasteiger partial charge >= 0.3 is 0 Å². The average molecular weight is 486 g/mol. The summed E-state index contributed by atoms with van der Waals surface area (Å²) in [6, 6.07) is 11.6. The Morgan fingerprint density at radius 2 is 1.97 bits per heavy atom. The Balaban J connectivity index is 1.30. The molecule has 2 saturated heterocycles. The van der Waals surface area contributed by atoms with E-state index >= 15 is 0 Å². The molecule has 0 bridgehead atoms. The second kappa shape index (κ2) is 8.95. The summed E-state index contributed by atoms with van der Waals surface area (Å²) in [5.41, 5.74) is 4.95. The average Bonchev–Trinajstić information content (AvgIpc) is 3.56. The fraction of sp³-hybridized carbons (Fsp3) is 0.407. The number of anilines is 1. The van der Waals surface area contributed by atoms with Crippen LogP contribution in [0.1, 0.15) is 42.3 Å². The quantitative estimate of drug-likeness (QED) is 0.430. The zero-order chi connectivity index (χ0) is 24.8. The minimum absolute atomic E-state index is 0.119. The van der Waals surface area contributed by atoms with Crippen molar-refractivity contribution in [1.82, 2.24) is 14.5 Å². The van der Waals surface area contributed by atoms with E-state index in [1.807, 2.05) is 25.1 Å². The normalized spacial score (nSPS) is 18.7. The fourth-order valence-electron chi connectivity index (χ4n) is 5.12. The van der Waals surface area contributed by atoms with Crippen molar-refractivity contribution in [2.24, 2.45) is 7.05 Å². The Hall–Kier alpha value is -3.90. The van der Waals surface area contributed by atoms with E-state index in [-0.39, 0.29) is 23.3 Å². The van der Waals surface area contributed by atoms with Crippen molar-refractivity contribution in [3.63, 3.8) is 0 Å². The molecule has 0 spiro atoms. The van der Waals surface area contributed by atoms with Crippen LogP contribution in [0.25, 0.3) is 22.1 Å². The number of aromatic nitrogens is 3. The molecule has 0 N–H and O–H groups in total. The number of benzene rings is 1. The first kappa shape index (κ1) is 22.6. The predicted octanol–water partition coefficient (Wildman–Crippen LogP) is 3.81. The van der Waals surface area contributed by atoms with Crippen LogP contribution in [0.5, 0.6) is 5.75 Å². The Bertz CT molecular complexity index is 1550. The third-order valence-electron chi connectivity index (χ3n) is 7.19. The summed E-state index contributed by atoms with van der Waals surface area (Å²) >= 11 is 0. The summed E-state index contributed by atoms with van der Waals surface area (Å²) in [6.07, 6.45) is 2.33. The molecule has 0 unspecified atom stereocenters. The molecule has 0 amide bonds. The lowest BCUT2D eigenvalue weighted by Gasteiger charge is -2.33. The van der Waals surface area contributed by atoms with E-state index in [4.69, 9.17) is 18.9 Å². The maximum Gasteiger partial charge on any atom is 0.252 e. The topological polar surface area (TPSA) is 106 Å². The van der Waals surface area contributed by atoms with Gasteiger partial charge in [-0.2, -0.15) is 5.26 Å². The Labute approximate surface area is 207 Å². The second-order valence-electron chi connectivity index (χ2n) is 9.63. The smallest absolute Gasteiger partial charge is 0.252 e. The molecule has 184 valence electrons. The van der Waals surface area contributed by atoms with Crippen molar-refractivity contribution in [3.05, 3.63) is 57.8 Å². The molecular weight excluding hydrogens is 458 g/mol. The van der Waals surface area contributed by atoms with E-state index in [1.165, 1.54) is 0 Å². The zero-order valence-electron chi connectivity index (χ0n) is 20.4. The van der Waals surface area contributed by atoms with Crippen molar-refractivity contribution in [3.8, 4) is 11.8 Å². The molecule has 2 aliphatic rings. The maximum atomic E-state index is 12.9. The van der Waals surface area contributed by atoms with E-state index < -0.39 is 0 Å². The molecule has 1 aromatic carbocycles. The minimum atomic E-state index is -0.129. The minimum Gasteiger partial charge on any atom is -0.485 e. The highest BCUT2D eigenvalue weighted by Crippen LogP contribution is 2.35. The molecule has 5 heterocycles. The molecule has 9 heteroatoms. The molecule has 1 atom stereocenters. The van der Waals surface area contributed by atoms with Crippen LogP contribution in [0.4, 0.5) is 5.69 Å². The van der Waals surface area contributed by atoms with Gasteiger partial charge in [0.1, 0.15) is 23.2 Å². The van der Waals surface area contributed by atoms with Gasteiger partial charge < -0.3 is 23.4 Å². The van der Waals surface area contributed by atoms with Gasteiger partial charge in [-0.3, -0.25) is 4.79 Å². The van der Waals surface area contributed by atoms with E-state index in [2.05, 4.69) is 16.0 Å². The van der Waals surface area contributed by atoms with Gasteiger partial charge in [-0.05, 0) is 37.5 Å². The maximum absolute atomic E-state index is 12.9. The highest BCUT2D eigenvalue weighted by Gasteiger charge is 2.27. The lowest BCUT2D eigenvalue weighted by atomic mass is 9.96. The number of ether oxygens (including phenoxy) is 2. The molecule has 36 heavy (non-hydrogen) atoms. The molecule has 2 aliphatic heterocycles. The molecule has 3 aromatic heterocycles. The number of pyridine rings is 2. The summed E-state index contributed by atoms with van der Waals surface area (Å²) in [5, 5.41) is 9.79. The Morgan fingerprint density at radius 1 is 1.14 bits per heavy atom. The number of piperidine rings is 1. The van der Waals surface area contributed by atoms with Crippen molar-refractivity contribution in [2.45, 2.75) is 38.2 Å². The molecule has 2 fully saturated rings. The van der Waals surface area contributed by atoms with Gasteiger partial charge in [-0.25, -0.2) is 9.97 Å². The van der Waals surface area contributed by atoms with Crippen molar-refractivity contribution in [2.75, 3.05) is 31.2 Å². The van der Waals surface area contributed by atoms with E-state index in [0.717, 1.165) is 60.6 Å². The molecule has 6 rings (SSSR count). The van der Waals surface area contributed by atoms with Gasteiger partial charge in [-0.1, -0.05) is 6.07 Å². The second-order valence-corrected chi connectivity index (χ2v) is 9.63. The first-order valence-corrected chi connectivity index (χ1v) is 12.3. The van der Waals surface area contributed by atoms with Crippen molar-refractivity contribution >= 4 is 27.8 Å². The molecule has 4 aromatic rings. The number of hydrogen-bond donors (Lipinski definition) is 0. The van der Waals surface area contributed by atoms with Crippen LogP contribution in [0.2, 0.25) is 0 Å². The van der Waals surface area contributed by atoms with Gasteiger partial charge in [-0.15, -0.1) is 0 Å². The summed E-state index contributed by atoms with van der Waals surface area (Å²) in [5.74, 6) is 1.37. The molecular formula is C27H27N5O4. The number of nitrogens with zero attached hydrogens (tertiary/aromatic N) is 5. The van der Waals surface area contributed by atoms with E-state index in [0.29, 0.717) is 30.0 Å². The molecule has 0 saturated carbocycles. The highest BCUT2D eigenvalue weighted by molar-refractivity contribution is 5.90. The molecule has 0 aliphatic carbocycles. The number of hydrogen-bond acceptors (Lipinski definition) is 8. The fourth-order valence-corrected chi connectivity index (χ4v) is 5.12. The summed E-state index contributed by atoms with van der Waals surface area (Å²) in [7, 11) is 1.71. The van der Waals surface area contributed by atoms with Crippen LogP contribution >= 0.6 is 0 Å². The summed E-state index contributed by atoms with van der Waals surface area (Å²) in [6.45, 7) is 4.62.